The van der Waals surface area contributed by atoms with Crippen LogP contribution in [0.25, 0.3) is 0 Å². The number of nitrogens with one attached hydrogen (secondary N) is 2. The maximum atomic E-state index is 12.2. The lowest BCUT2D eigenvalue weighted by Crippen LogP contribution is -2.27. The number of hydrogen-bond acceptors (Lipinski definition) is 7. The highest BCUT2D eigenvalue weighted by Crippen LogP contribution is 2.35. The fraction of sp³-hybridized carbons (Fsp3) is 0.594. The van der Waals surface area contributed by atoms with Crippen molar-refractivity contribution in [1.82, 2.24) is 11.0 Å². The molecule has 1 aliphatic carbocycles. The summed E-state index contributed by atoms with van der Waals surface area (Å²) in [5.74, 6) is -3.53. The lowest BCUT2D eigenvalue weighted by atomic mass is 9.84. The molecule has 0 amide bonds. The Labute approximate surface area is 249 Å². The summed E-state index contributed by atoms with van der Waals surface area (Å²) in [7, 11) is 0. The third-order valence-electron chi connectivity index (χ3n) is 7.44. The summed E-state index contributed by atoms with van der Waals surface area (Å²) >= 11 is 0. The number of rotatable bonds is 7. The molecule has 0 fully saturated rings. The van der Waals surface area contributed by atoms with E-state index in [-0.39, 0.29) is 11.3 Å². The van der Waals surface area contributed by atoms with Crippen molar-refractivity contribution in [2.45, 2.75) is 116 Å². The van der Waals surface area contributed by atoms with Crippen LogP contribution < -0.4 is 11.0 Å². The molecule has 0 saturated heterocycles. The molecule has 10 heteroatoms. The van der Waals surface area contributed by atoms with Crippen molar-refractivity contribution in [3.8, 4) is 0 Å². The largest absolute Gasteiger partial charge is 0.481 e. The van der Waals surface area contributed by atoms with E-state index in [1.54, 1.807) is 0 Å². The van der Waals surface area contributed by atoms with Gasteiger partial charge < -0.3 is 15.3 Å². The second kappa shape index (κ2) is 21.2. The number of nitrogens with zero attached hydrogens (tertiary/aromatic N) is 2. The van der Waals surface area contributed by atoms with Crippen LogP contribution in [0.15, 0.2) is 68.7 Å². The van der Waals surface area contributed by atoms with Crippen LogP contribution in [0.3, 0.4) is 0 Å². The average Bonchev–Trinajstić information content (AvgIpc) is 2.94. The van der Waals surface area contributed by atoms with Gasteiger partial charge in [0.15, 0.2) is 0 Å². The smallest absolute Gasteiger partial charge is 0.309 e. The first-order valence-corrected chi connectivity index (χ1v) is 15.4. The Bertz CT molecular complexity index is 1070. The Morgan fingerprint density at radius 3 is 1.95 bits per heavy atom. The lowest BCUT2D eigenvalue weighted by Gasteiger charge is -2.21. The van der Waals surface area contributed by atoms with Gasteiger partial charge in [0.2, 0.25) is 0 Å². The molecule has 0 spiro atoms. The summed E-state index contributed by atoms with van der Waals surface area (Å²) in [5.41, 5.74) is 7.60. The minimum Gasteiger partial charge on any atom is -0.481 e. The molecule has 0 bridgehead atoms. The SMILES string of the molecule is O=C(O)CC1=C(CC(=O)O)C(CC(=O)O)=C(C2=CC=CC=CCCCCCCCCC2)CCCCCCCNNN=N1. The first-order valence-electron chi connectivity index (χ1n) is 15.4. The van der Waals surface area contributed by atoms with E-state index < -0.39 is 37.2 Å². The van der Waals surface area contributed by atoms with Crippen LogP contribution in [0.4, 0.5) is 0 Å². The van der Waals surface area contributed by atoms with Gasteiger partial charge in [0.1, 0.15) is 0 Å². The van der Waals surface area contributed by atoms with Crippen LogP contribution in [0.2, 0.25) is 0 Å². The normalized spacial score (nSPS) is 19.5. The van der Waals surface area contributed by atoms with Crippen molar-refractivity contribution in [2.75, 3.05) is 6.54 Å². The first kappa shape index (κ1) is 34.7. The zero-order valence-electron chi connectivity index (χ0n) is 24.8. The van der Waals surface area contributed by atoms with Crippen molar-refractivity contribution in [1.29, 1.82) is 0 Å². The fourth-order valence-corrected chi connectivity index (χ4v) is 5.36. The standard InChI is InChI=1S/C32H48N4O6/c37-30(38)22-27-26(25-18-14-10-7-5-3-1-2-4-6-8-11-15-19-25)20-16-12-9-13-17-21-33-35-36-34-29(24-32(41)42)28(27)23-31(39)40/h5,7,10,14,18H,1-4,6,8-9,11-13,15-17,19-24H2,(H,33,36)(H,34,35)(H,37,38)(H,39,40)(H,41,42). The van der Waals surface area contributed by atoms with Crippen molar-refractivity contribution < 1.29 is 29.7 Å². The highest BCUT2D eigenvalue weighted by Gasteiger charge is 2.24. The molecule has 0 aromatic rings. The number of allylic oxidation sites excluding steroid dienone is 7. The van der Waals surface area contributed by atoms with Crippen LogP contribution in [0, 0.1) is 0 Å². The number of hydrogen-bond donors (Lipinski definition) is 5. The topological polar surface area (TPSA) is 161 Å². The fourth-order valence-electron chi connectivity index (χ4n) is 5.36. The van der Waals surface area contributed by atoms with Crippen LogP contribution in [0.1, 0.15) is 116 Å². The minimum absolute atomic E-state index is 0.0703. The molecule has 10 nitrogen and oxygen atoms in total. The highest BCUT2D eigenvalue weighted by atomic mass is 16.4. The van der Waals surface area contributed by atoms with E-state index in [0.717, 1.165) is 68.9 Å². The quantitative estimate of drug-likeness (QED) is 0.208. The van der Waals surface area contributed by atoms with E-state index in [1.165, 1.54) is 25.7 Å². The van der Waals surface area contributed by atoms with Gasteiger partial charge in [0, 0.05) is 6.54 Å². The van der Waals surface area contributed by atoms with Gasteiger partial charge in [-0.2, -0.15) is 0 Å². The van der Waals surface area contributed by atoms with Gasteiger partial charge in [-0.1, -0.05) is 87.0 Å². The summed E-state index contributed by atoms with van der Waals surface area (Å²) in [6.45, 7) is 0.639. The van der Waals surface area contributed by atoms with E-state index in [1.807, 2.05) is 24.3 Å². The van der Waals surface area contributed by atoms with E-state index in [0.29, 0.717) is 25.0 Å². The number of hydrazine groups is 1. The Morgan fingerprint density at radius 1 is 0.667 bits per heavy atom. The molecular formula is C32H48N4O6. The zero-order chi connectivity index (χ0) is 30.4. The molecule has 2 aliphatic rings. The van der Waals surface area contributed by atoms with Crippen LogP contribution >= 0.6 is 0 Å². The predicted octanol–water partition coefficient (Wildman–Crippen LogP) is 7.34. The van der Waals surface area contributed by atoms with Crippen molar-refractivity contribution >= 4 is 17.9 Å². The molecule has 0 aromatic carbocycles. The maximum absolute atomic E-state index is 12.2. The minimum atomic E-state index is -1.21. The van der Waals surface area contributed by atoms with Gasteiger partial charge in [-0.25, -0.2) is 11.0 Å². The molecule has 0 aromatic heterocycles. The Balaban J connectivity index is 2.78. The van der Waals surface area contributed by atoms with Gasteiger partial charge >= 0.3 is 17.9 Å². The number of carboxylic acid groups (broad SMARTS) is 3. The molecule has 5 N–H and O–H groups in total. The van der Waals surface area contributed by atoms with Crippen molar-refractivity contribution in [3.63, 3.8) is 0 Å². The third kappa shape index (κ3) is 14.9. The van der Waals surface area contributed by atoms with E-state index in [9.17, 15) is 29.7 Å². The molecule has 0 saturated carbocycles. The molecule has 0 atom stereocenters. The second-order valence-electron chi connectivity index (χ2n) is 10.9. The molecular weight excluding hydrogens is 536 g/mol. The molecule has 42 heavy (non-hydrogen) atoms. The molecule has 232 valence electrons. The molecule has 0 radical (unpaired) electrons. The van der Waals surface area contributed by atoms with E-state index in [4.69, 9.17) is 0 Å². The average molecular weight is 585 g/mol. The zero-order valence-corrected chi connectivity index (χ0v) is 24.8. The maximum Gasteiger partial charge on any atom is 0.309 e. The van der Waals surface area contributed by atoms with E-state index in [2.05, 4.69) is 27.4 Å². The van der Waals surface area contributed by atoms with Gasteiger partial charge in [0.25, 0.3) is 0 Å². The van der Waals surface area contributed by atoms with Crippen molar-refractivity contribution in [3.05, 3.63) is 58.4 Å². The monoisotopic (exact) mass is 584 g/mol. The Kier molecular flexibility index (Phi) is 17.5. The van der Waals surface area contributed by atoms with Gasteiger partial charge in [-0.05, 0) is 67.2 Å². The molecule has 1 heterocycles. The lowest BCUT2D eigenvalue weighted by molar-refractivity contribution is -0.138. The third-order valence-corrected chi connectivity index (χ3v) is 7.44. The summed E-state index contributed by atoms with van der Waals surface area (Å²) in [6, 6.07) is 0. The van der Waals surface area contributed by atoms with Crippen LogP contribution in [-0.4, -0.2) is 39.8 Å². The highest BCUT2D eigenvalue weighted by molar-refractivity contribution is 5.79. The van der Waals surface area contributed by atoms with Gasteiger partial charge in [-0.3, -0.25) is 14.4 Å². The van der Waals surface area contributed by atoms with E-state index >= 15 is 0 Å². The molecule has 0 unspecified atom stereocenters. The second-order valence-corrected chi connectivity index (χ2v) is 10.9. The summed E-state index contributed by atoms with van der Waals surface area (Å²) in [6.07, 6.45) is 23.4. The Hall–Kier alpha value is -3.53. The summed E-state index contributed by atoms with van der Waals surface area (Å²) in [5, 5.41) is 37.5. The Morgan fingerprint density at radius 2 is 1.26 bits per heavy atom. The van der Waals surface area contributed by atoms with Crippen LogP contribution in [0.5, 0.6) is 0 Å². The van der Waals surface area contributed by atoms with Gasteiger partial charge in [-0.15, -0.1) is 5.11 Å². The number of aliphatic carboxylic acids is 3. The molecule has 1 aliphatic heterocycles. The van der Waals surface area contributed by atoms with Crippen LogP contribution in [-0.2, 0) is 14.4 Å². The number of carbonyl (C=O) groups is 3. The summed E-state index contributed by atoms with van der Waals surface area (Å²) in [4.78, 5) is 36.2. The first-order chi connectivity index (χ1) is 20.4. The van der Waals surface area contributed by atoms with Crippen molar-refractivity contribution in [2.24, 2.45) is 10.3 Å². The predicted molar refractivity (Wildman–Crippen MR) is 162 cm³/mol. The summed E-state index contributed by atoms with van der Waals surface area (Å²) < 4.78 is 0. The molecule has 2 rings (SSSR count). The van der Waals surface area contributed by atoms with Gasteiger partial charge in [0.05, 0.1) is 25.0 Å². The number of carboxylic acids is 3.